The molecule has 0 spiro atoms. The molecule has 2 aromatic rings. The Bertz CT molecular complexity index is 903. The monoisotopic (exact) mass is 429 g/mol. The van der Waals surface area contributed by atoms with Gasteiger partial charge in [-0.25, -0.2) is 4.79 Å². The lowest BCUT2D eigenvalue weighted by Gasteiger charge is -2.13. The summed E-state index contributed by atoms with van der Waals surface area (Å²) >= 11 is 3.36. The smallest absolute Gasteiger partial charge is 0.330 e. The average Bonchev–Trinajstić information content (AvgIpc) is 2.91. The van der Waals surface area contributed by atoms with Gasteiger partial charge in [0.1, 0.15) is 12.4 Å². The lowest BCUT2D eigenvalue weighted by atomic mass is 10.1. The van der Waals surface area contributed by atoms with Crippen LogP contribution in [0.5, 0.6) is 5.75 Å². The molecule has 138 valence electrons. The van der Waals surface area contributed by atoms with Gasteiger partial charge in [-0.2, -0.15) is 0 Å². The number of nitrogens with zero attached hydrogens (tertiary/aromatic N) is 1. The van der Waals surface area contributed by atoms with Crippen LogP contribution in [0.1, 0.15) is 26.3 Å². The summed E-state index contributed by atoms with van der Waals surface area (Å²) in [7, 11) is 1.54. The number of hydrogen-bond acceptors (Lipinski definition) is 5. The van der Waals surface area contributed by atoms with E-state index in [1.807, 2.05) is 6.07 Å². The second kappa shape index (κ2) is 8.18. The number of fused-ring (bicyclic) bond motifs is 1. The zero-order valence-electron chi connectivity index (χ0n) is 14.5. The maximum atomic E-state index is 12.2. The average molecular weight is 430 g/mol. The molecule has 0 atom stereocenters. The maximum absolute atomic E-state index is 12.2. The van der Waals surface area contributed by atoms with Crippen molar-refractivity contribution in [2.45, 2.75) is 0 Å². The van der Waals surface area contributed by atoms with Gasteiger partial charge in [0.05, 0.1) is 24.8 Å². The molecule has 0 unspecified atom stereocenters. The third-order valence-corrected chi connectivity index (χ3v) is 4.52. The number of esters is 1. The number of carbonyl (C=O) groups is 3. The summed E-state index contributed by atoms with van der Waals surface area (Å²) < 4.78 is 11.2. The number of benzene rings is 2. The SMILES string of the molecule is COc1ccc(Br)cc1/C=C/C(=O)OCCN1C(=O)c2ccccc2C1=O. The first-order valence-electron chi connectivity index (χ1n) is 8.15. The Morgan fingerprint density at radius 3 is 2.41 bits per heavy atom. The van der Waals surface area contributed by atoms with Crippen LogP contribution in [-0.4, -0.2) is 42.9 Å². The Hall–Kier alpha value is -2.93. The second-order valence-corrected chi connectivity index (χ2v) is 6.61. The molecule has 0 aromatic heterocycles. The van der Waals surface area contributed by atoms with Crippen LogP contribution in [0.15, 0.2) is 53.0 Å². The molecule has 0 saturated heterocycles. The lowest BCUT2D eigenvalue weighted by Crippen LogP contribution is -2.33. The highest BCUT2D eigenvalue weighted by molar-refractivity contribution is 9.10. The zero-order valence-corrected chi connectivity index (χ0v) is 16.1. The van der Waals surface area contributed by atoms with Gasteiger partial charge in [-0.15, -0.1) is 0 Å². The van der Waals surface area contributed by atoms with Crippen molar-refractivity contribution in [2.75, 3.05) is 20.3 Å². The molecule has 0 saturated carbocycles. The van der Waals surface area contributed by atoms with Gasteiger partial charge in [0.25, 0.3) is 11.8 Å². The number of methoxy groups -OCH3 is 1. The van der Waals surface area contributed by atoms with Crippen LogP contribution in [0.4, 0.5) is 0 Å². The number of ether oxygens (including phenoxy) is 2. The van der Waals surface area contributed by atoms with Crippen LogP contribution in [0.25, 0.3) is 6.08 Å². The zero-order chi connectivity index (χ0) is 19.4. The Kier molecular flexibility index (Phi) is 5.71. The highest BCUT2D eigenvalue weighted by atomic mass is 79.9. The highest BCUT2D eigenvalue weighted by Crippen LogP contribution is 2.24. The molecule has 0 radical (unpaired) electrons. The number of halogens is 1. The first kappa shape index (κ1) is 18.8. The fourth-order valence-corrected chi connectivity index (χ4v) is 3.10. The minimum absolute atomic E-state index is 0.00608. The van der Waals surface area contributed by atoms with Crippen molar-refractivity contribution in [3.05, 3.63) is 69.7 Å². The van der Waals surface area contributed by atoms with Gasteiger partial charge in [0.2, 0.25) is 0 Å². The molecule has 27 heavy (non-hydrogen) atoms. The molecule has 0 aliphatic carbocycles. The van der Waals surface area contributed by atoms with E-state index in [0.29, 0.717) is 22.4 Å². The van der Waals surface area contributed by atoms with E-state index in [9.17, 15) is 14.4 Å². The van der Waals surface area contributed by atoms with E-state index in [1.54, 1.807) is 49.6 Å². The van der Waals surface area contributed by atoms with E-state index >= 15 is 0 Å². The Morgan fingerprint density at radius 1 is 1.11 bits per heavy atom. The van der Waals surface area contributed by atoms with Crippen molar-refractivity contribution >= 4 is 39.8 Å². The maximum Gasteiger partial charge on any atom is 0.330 e. The third-order valence-electron chi connectivity index (χ3n) is 4.03. The van der Waals surface area contributed by atoms with Gasteiger partial charge in [0, 0.05) is 16.1 Å². The minimum Gasteiger partial charge on any atom is -0.496 e. The normalized spacial score (nSPS) is 13.2. The first-order valence-corrected chi connectivity index (χ1v) is 8.94. The third kappa shape index (κ3) is 4.09. The highest BCUT2D eigenvalue weighted by Gasteiger charge is 2.34. The lowest BCUT2D eigenvalue weighted by molar-refractivity contribution is -0.137. The molecule has 7 heteroatoms. The van der Waals surface area contributed by atoms with E-state index in [0.717, 1.165) is 9.37 Å². The molecule has 2 amide bonds. The Morgan fingerprint density at radius 2 is 1.78 bits per heavy atom. The summed E-state index contributed by atoms with van der Waals surface area (Å²) in [6.45, 7) is -0.0730. The minimum atomic E-state index is -0.575. The van der Waals surface area contributed by atoms with Gasteiger partial charge in [-0.1, -0.05) is 28.1 Å². The van der Waals surface area contributed by atoms with Crippen molar-refractivity contribution in [3.63, 3.8) is 0 Å². The van der Waals surface area contributed by atoms with Crippen molar-refractivity contribution in [3.8, 4) is 5.75 Å². The van der Waals surface area contributed by atoms with Gasteiger partial charge < -0.3 is 9.47 Å². The van der Waals surface area contributed by atoms with Crippen molar-refractivity contribution < 1.29 is 23.9 Å². The van der Waals surface area contributed by atoms with Crippen molar-refractivity contribution in [1.29, 1.82) is 0 Å². The van der Waals surface area contributed by atoms with Crippen LogP contribution >= 0.6 is 15.9 Å². The van der Waals surface area contributed by atoms with Crippen molar-refractivity contribution in [1.82, 2.24) is 4.90 Å². The molecular weight excluding hydrogens is 414 g/mol. The fourth-order valence-electron chi connectivity index (χ4n) is 2.72. The Labute approximate surface area is 164 Å². The molecule has 3 rings (SSSR count). The Balaban J connectivity index is 1.56. The van der Waals surface area contributed by atoms with Gasteiger partial charge in [0.15, 0.2) is 0 Å². The molecule has 6 nitrogen and oxygen atoms in total. The number of hydrogen-bond donors (Lipinski definition) is 0. The fraction of sp³-hybridized carbons (Fsp3) is 0.150. The van der Waals surface area contributed by atoms with Crippen LogP contribution < -0.4 is 4.74 Å². The molecule has 0 N–H and O–H groups in total. The summed E-state index contributed by atoms with van der Waals surface area (Å²) in [5.41, 5.74) is 1.45. The summed E-state index contributed by atoms with van der Waals surface area (Å²) in [5.74, 6) is -0.705. The summed E-state index contributed by atoms with van der Waals surface area (Å²) in [4.78, 5) is 37.4. The number of amides is 2. The summed E-state index contributed by atoms with van der Waals surface area (Å²) in [6.07, 6.45) is 2.85. The molecule has 1 aliphatic rings. The van der Waals surface area contributed by atoms with Crippen molar-refractivity contribution in [2.24, 2.45) is 0 Å². The molecular formula is C20H16BrNO5. The van der Waals surface area contributed by atoms with Crippen LogP contribution in [0.2, 0.25) is 0 Å². The van der Waals surface area contributed by atoms with Crippen LogP contribution in [0.3, 0.4) is 0 Å². The quantitative estimate of drug-likeness (QED) is 0.400. The van der Waals surface area contributed by atoms with E-state index in [4.69, 9.17) is 9.47 Å². The topological polar surface area (TPSA) is 72.9 Å². The van der Waals surface area contributed by atoms with E-state index in [2.05, 4.69) is 15.9 Å². The number of rotatable bonds is 6. The molecule has 0 fully saturated rings. The van der Waals surface area contributed by atoms with E-state index in [-0.39, 0.29) is 25.0 Å². The van der Waals surface area contributed by atoms with Gasteiger partial charge in [-0.3, -0.25) is 14.5 Å². The molecule has 1 aliphatic heterocycles. The van der Waals surface area contributed by atoms with Crippen LogP contribution in [0, 0.1) is 0 Å². The standard InChI is InChI=1S/C20H16BrNO5/c1-26-17-8-7-14(21)12-13(17)6-9-18(23)27-11-10-22-19(24)15-4-2-3-5-16(15)20(22)25/h2-9,12H,10-11H2,1H3/b9-6+. The van der Waals surface area contributed by atoms with Gasteiger partial charge >= 0.3 is 5.97 Å². The predicted octanol–water partition coefficient (Wildman–Crippen LogP) is 3.31. The number of carbonyl (C=O) groups excluding carboxylic acids is 3. The predicted molar refractivity (Wildman–Crippen MR) is 102 cm³/mol. The summed E-state index contributed by atoms with van der Waals surface area (Å²) in [5, 5.41) is 0. The molecule has 2 aromatic carbocycles. The number of imide groups is 1. The van der Waals surface area contributed by atoms with E-state index < -0.39 is 5.97 Å². The first-order chi connectivity index (χ1) is 13.0. The van der Waals surface area contributed by atoms with Crippen LogP contribution in [-0.2, 0) is 9.53 Å². The largest absolute Gasteiger partial charge is 0.496 e. The van der Waals surface area contributed by atoms with Gasteiger partial charge in [-0.05, 0) is 36.4 Å². The summed E-state index contributed by atoms with van der Waals surface area (Å²) in [6, 6.07) is 12.0. The van der Waals surface area contributed by atoms with E-state index in [1.165, 1.54) is 6.08 Å². The molecule has 0 bridgehead atoms. The second-order valence-electron chi connectivity index (χ2n) is 5.69. The molecule has 1 heterocycles.